The molecule has 4 saturated carbocycles. The highest BCUT2D eigenvalue weighted by atomic mass is 15.0. The van der Waals surface area contributed by atoms with E-state index in [-0.39, 0.29) is 5.41 Å². The van der Waals surface area contributed by atoms with Crippen LogP contribution < -0.4 is 0 Å². The van der Waals surface area contributed by atoms with Gasteiger partial charge < -0.3 is 9.13 Å². The fourth-order valence-electron chi connectivity index (χ4n) is 15.3. The highest BCUT2D eigenvalue weighted by Crippen LogP contribution is 2.69. The average molecular weight is 921 g/mol. The minimum Gasteiger partial charge on any atom is -0.309 e. The smallest absolute Gasteiger partial charge is 0.0547 e. The van der Waals surface area contributed by atoms with E-state index in [4.69, 9.17) is 0 Å². The van der Waals surface area contributed by atoms with Crippen molar-refractivity contribution in [2.24, 2.45) is 23.7 Å². The van der Waals surface area contributed by atoms with E-state index in [0.29, 0.717) is 0 Å². The van der Waals surface area contributed by atoms with Gasteiger partial charge in [0, 0.05) is 38.3 Å². The second-order valence-electron chi connectivity index (χ2n) is 21.7. The first-order valence-corrected chi connectivity index (χ1v) is 26.3. The van der Waals surface area contributed by atoms with Crippen molar-refractivity contribution in [3.8, 4) is 67.0 Å². The van der Waals surface area contributed by atoms with E-state index in [1.54, 1.807) is 11.1 Å². The Morgan fingerprint density at radius 3 is 1.22 bits per heavy atom. The molecular formula is C70H52N2. The molecule has 0 radical (unpaired) electrons. The van der Waals surface area contributed by atoms with Gasteiger partial charge in [0.25, 0.3) is 0 Å². The molecule has 342 valence electrons. The first-order valence-electron chi connectivity index (χ1n) is 26.3. The van der Waals surface area contributed by atoms with Crippen LogP contribution in [0.1, 0.15) is 43.2 Å². The summed E-state index contributed by atoms with van der Waals surface area (Å²) in [6.07, 6.45) is 7.14. The maximum atomic E-state index is 2.61. The lowest BCUT2D eigenvalue weighted by atomic mass is 9.43. The molecule has 17 rings (SSSR count). The quantitative estimate of drug-likeness (QED) is 0.157. The van der Waals surface area contributed by atoms with Crippen LogP contribution in [0.3, 0.4) is 0 Å². The van der Waals surface area contributed by atoms with Gasteiger partial charge in [0.1, 0.15) is 0 Å². The van der Waals surface area contributed by atoms with Gasteiger partial charge in [-0.05, 0) is 177 Å². The molecule has 5 aliphatic carbocycles. The van der Waals surface area contributed by atoms with Crippen molar-refractivity contribution in [1.82, 2.24) is 9.13 Å². The van der Waals surface area contributed by atoms with Gasteiger partial charge in [0.05, 0.1) is 22.1 Å². The molecule has 5 aliphatic rings. The minimum absolute atomic E-state index is 0.192. The van der Waals surface area contributed by atoms with Crippen LogP contribution in [0.25, 0.3) is 111 Å². The molecule has 0 atom stereocenters. The molecule has 1 spiro atoms. The van der Waals surface area contributed by atoms with Gasteiger partial charge >= 0.3 is 0 Å². The number of fused-ring (bicyclic) bond motifs is 9. The summed E-state index contributed by atoms with van der Waals surface area (Å²) in [5.41, 5.74) is 23.6. The van der Waals surface area contributed by atoms with Gasteiger partial charge in [-0.3, -0.25) is 0 Å². The van der Waals surface area contributed by atoms with E-state index in [1.807, 2.05) is 0 Å². The van der Waals surface area contributed by atoms with E-state index in [0.717, 1.165) is 29.4 Å². The molecule has 2 nitrogen and oxygen atoms in total. The molecule has 0 aliphatic heterocycles. The Labute approximate surface area is 420 Å². The van der Waals surface area contributed by atoms with Gasteiger partial charge in [-0.15, -0.1) is 0 Å². The van der Waals surface area contributed by atoms with Crippen molar-refractivity contribution in [2.75, 3.05) is 0 Å². The predicted octanol–water partition coefficient (Wildman–Crippen LogP) is 18.3. The standard InChI is InChI=1S/C70H52N2/c1-2-10-56(11-3-1)71-66-16-8-5-13-60(66)62-34-29-52(42-68(62)71)53-30-35-63-61-14-6-9-17-67(61)72(69(63)43-53)57-31-26-49(27-32-57)48-20-18-46(19-21-48)47-22-24-50(25-23-47)51-28-33-59-58-12-4-7-15-64(58)70(65(59)41-51)54-37-44-36-45(39-54)40-55(70)38-44/h1-35,41-45,54-55H,36-40H2. The van der Waals surface area contributed by atoms with E-state index >= 15 is 0 Å². The lowest BCUT2D eigenvalue weighted by Crippen LogP contribution is -2.55. The van der Waals surface area contributed by atoms with E-state index in [1.165, 1.54) is 137 Å². The van der Waals surface area contributed by atoms with Crippen LogP contribution in [0.2, 0.25) is 0 Å². The van der Waals surface area contributed by atoms with Crippen molar-refractivity contribution < 1.29 is 0 Å². The molecule has 2 aromatic heterocycles. The monoisotopic (exact) mass is 920 g/mol. The maximum absolute atomic E-state index is 2.61. The van der Waals surface area contributed by atoms with Crippen molar-refractivity contribution in [1.29, 1.82) is 0 Å². The SMILES string of the molecule is c1ccc(-n2c3ccccc3c3ccc(-c4ccc5c6ccccc6n(-c6ccc(-c7ccc(-c8ccc(-c9ccc%10c(c9)C9(c%11ccccc%11-%10)C%10CC%11CC(C%10)CC9C%11)cc8)cc7)cc6)c5c4)cc32)cc1. The lowest BCUT2D eigenvalue weighted by Gasteiger charge is -2.61. The Morgan fingerprint density at radius 2 is 0.667 bits per heavy atom. The van der Waals surface area contributed by atoms with Crippen LogP contribution in [0.4, 0.5) is 0 Å². The second kappa shape index (κ2) is 15.4. The van der Waals surface area contributed by atoms with Crippen LogP contribution in [-0.4, -0.2) is 9.13 Å². The Kier molecular flexibility index (Phi) is 8.67. The zero-order valence-corrected chi connectivity index (χ0v) is 40.2. The molecule has 10 aromatic carbocycles. The normalized spacial score (nSPS) is 20.6. The zero-order valence-electron chi connectivity index (χ0n) is 40.2. The highest BCUT2D eigenvalue weighted by molar-refractivity contribution is 6.12. The van der Waals surface area contributed by atoms with Crippen LogP contribution in [0.5, 0.6) is 0 Å². The first-order chi connectivity index (χ1) is 35.6. The number of nitrogens with zero attached hydrogens (tertiary/aromatic N) is 2. The maximum Gasteiger partial charge on any atom is 0.0547 e. The molecule has 0 unspecified atom stereocenters. The second-order valence-corrected chi connectivity index (χ2v) is 21.7. The van der Waals surface area contributed by atoms with Gasteiger partial charge in [-0.2, -0.15) is 0 Å². The van der Waals surface area contributed by atoms with Gasteiger partial charge in [0.2, 0.25) is 0 Å². The Hall–Kier alpha value is -8.20. The summed E-state index contributed by atoms with van der Waals surface area (Å²) < 4.78 is 4.84. The third kappa shape index (κ3) is 5.84. The molecule has 4 fully saturated rings. The summed E-state index contributed by atoms with van der Waals surface area (Å²) in [5.74, 6) is 3.45. The molecule has 0 N–H and O–H groups in total. The number of aromatic nitrogens is 2. The van der Waals surface area contributed by atoms with Gasteiger partial charge in [-0.25, -0.2) is 0 Å². The number of para-hydroxylation sites is 3. The van der Waals surface area contributed by atoms with Crippen LogP contribution in [0.15, 0.2) is 231 Å². The van der Waals surface area contributed by atoms with Gasteiger partial charge in [0.15, 0.2) is 0 Å². The fraction of sp³-hybridized carbons (Fsp3) is 0.143. The summed E-state index contributed by atoms with van der Waals surface area (Å²) in [7, 11) is 0. The van der Waals surface area contributed by atoms with E-state index < -0.39 is 0 Å². The largest absolute Gasteiger partial charge is 0.309 e. The topological polar surface area (TPSA) is 9.86 Å². The minimum atomic E-state index is 0.192. The fourth-order valence-corrected chi connectivity index (χ4v) is 15.3. The average Bonchev–Trinajstić information content (AvgIpc) is 4.06. The summed E-state index contributed by atoms with van der Waals surface area (Å²) in [6.45, 7) is 0. The predicted molar refractivity (Wildman–Crippen MR) is 300 cm³/mol. The third-order valence-electron chi connectivity index (χ3n) is 18.1. The summed E-state index contributed by atoms with van der Waals surface area (Å²) >= 11 is 0. The van der Waals surface area contributed by atoms with E-state index in [2.05, 4.69) is 240 Å². The van der Waals surface area contributed by atoms with Crippen molar-refractivity contribution in [2.45, 2.75) is 37.5 Å². The number of benzene rings is 10. The number of rotatable bonds is 6. The Balaban J connectivity index is 0.696. The Bertz CT molecular complexity index is 4100. The molecule has 0 amide bonds. The van der Waals surface area contributed by atoms with Crippen LogP contribution in [-0.2, 0) is 5.41 Å². The van der Waals surface area contributed by atoms with Gasteiger partial charge in [-0.1, -0.05) is 176 Å². The molecule has 2 heteroatoms. The lowest BCUT2D eigenvalue weighted by molar-refractivity contribution is -0.0399. The molecule has 72 heavy (non-hydrogen) atoms. The Morgan fingerprint density at radius 1 is 0.278 bits per heavy atom. The zero-order chi connectivity index (χ0) is 47.1. The highest BCUT2D eigenvalue weighted by Gasteiger charge is 2.61. The molecule has 0 saturated heterocycles. The molecule has 2 heterocycles. The molecule has 4 bridgehead atoms. The van der Waals surface area contributed by atoms with Crippen molar-refractivity contribution in [3.05, 3.63) is 242 Å². The van der Waals surface area contributed by atoms with Crippen LogP contribution in [0, 0.1) is 23.7 Å². The first kappa shape index (κ1) is 40.5. The van der Waals surface area contributed by atoms with E-state index in [9.17, 15) is 0 Å². The molecular weight excluding hydrogens is 869 g/mol. The van der Waals surface area contributed by atoms with Crippen molar-refractivity contribution >= 4 is 43.6 Å². The number of hydrogen-bond acceptors (Lipinski definition) is 0. The summed E-state index contributed by atoms with van der Waals surface area (Å²) in [4.78, 5) is 0. The molecule has 12 aromatic rings. The summed E-state index contributed by atoms with van der Waals surface area (Å²) in [6, 6.07) is 86.7. The third-order valence-corrected chi connectivity index (χ3v) is 18.1. The summed E-state index contributed by atoms with van der Waals surface area (Å²) in [5, 5.41) is 5.05. The van der Waals surface area contributed by atoms with Crippen molar-refractivity contribution in [3.63, 3.8) is 0 Å². The van der Waals surface area contributed by atoms with Crippen LogP contribution >= 0.6 is 0 Å². The number of hydrogen-bond donors (Lipinski definition) is 0.